The molecule has 0 bridgehead atoms. The van der Waals surface area contributed by atoms with E-state index in [1.54, 1.807) is 18.5 Å². The lowest BCUT2D eigenvalue weighted by molar-refractivity contribution is -0.384. The number of nitrogens with zero attached hydrogens (tertiary/aromatic N) is 2. The van der Waals surface area contributed by atoms with Gasteiger partial charge >= 0.3 is 0 Å². The molecule has 0 fully saturated rings. The Labute approximate surface area is 121 Å². The van der Waals surface area contributed by atoms with Crippen LogP contribution in [0.4, 0.5) is 5.69 Å². The van der Waals surface area contributed by atoms with Crippen molar-refractivity contribution in [2.45, 2.75) is 13.0 Å². The summed E-state index contributed by atoms with van der Waals surface area (Å²) in [5.41, 5.74) is 1.98. The molecule has 5 nitrogen and oxygen atoms in total. The summed E-state index contributed by atoms with van der Waals surface area (Å²) >= 11 is 6.03. The SMILES string of the molecule is O=[N+]([O-])c1ccc(Cl)c(CNCCc2ccncc2)c1. The Morgan fingerprint density at radius 3 is 2.70 bits per heavy atom. The van der Waals surface area contributed by atoms with Gasteiger partial charge in [-0.05, 0) is 42.3 Å². The molecular formula is C14H14ClN3O2. The van der Waals surface area contributed by atoms with E-state index in [0.29, 0.717) is 11.6 Å². The highest BCUT2D eigenvalue weighted by atomic mass is 35.5. The highest BCUT2D eigenvalue weighted by molar-refractivity contribution is 6.31. The standard InChI is InChI=1S/C14H14ClN3O2/c15-14-2-1-13(18(19)20)9-12(14)10-17-8-5-11-3-6-16-7-4-11/h1-4,6-7,9,17H,5,8,10H2. The number of halogens is 1. The van der Waals surface area contributed by atoms with Crippen molar-refractivity contribution in [1.82, 2.24) is 10.3 Å². The van der Waals surface area contributed by atoms with Gasteiger partial charge in [0.05, 0.1) is 4.92 Å². The summed E-state index contributed by atoms with van der Waals surface area (Å²) in [5, 5.41) is 14.5. The number of pyridine rings is 1. The van der Waals surface area contributed by atoms with Gasteiger partial charge in [-0.2, -0.15) is 0 Å². The normalized spacial score (nSPS) is 10.4. The Hall–Kier alpha value is -1.98. The largest absolute Gasteiger partial charge is 0.312 e. The molecule has 0 saturated heterocycles. The highest BCUT2D eigenvalue weighted by Crippen LogP contribution is 2.21. The molecule has 1 aromatic carbocycles. The van der Waals surface area contributed by atoms with Gasteiger partial charge in [-0.25, -0.2) is 0 Å². The summed E-state index contributed by atoms with van der Waals surface area (Å²) in [4.78, 5) is 14.3. The van der Waals surface area contributed by atoms with E-state index in [9.17, 15) is 10.1 Å². The van der Waals surface area contributed by atoms with Crippen molar-refractivity contribution in [2.75, 3.05) is 6.54 Å². The Morgan fingerprint density at radius 2 is 2.00 bits per heavy atom. The van der Waals surface area contributed by atoms with Gasteiger partial charge in [-0.1, -0.05) is 11.6 Å². The molecule has 0 radical (unpaired) electrons. The lowest BCUT2D eigenvalue weighted by Crippen LogP contribution is -2.17. The Bertz CT molecular complexity index is 590. The van der Waals surface area contributed by atoms with Crippen molar-refractivity contribution in [3.05, 3.63) is 69.0 Å². The minimum Gasteiger partial charge on any atom is -0.312 e. The summed E-state index contributed by atoms with van der Waals surface area (Å²) in [6.07, 6.45) is 4.38. The fraction of sp³-hybridized carbons (Fsp3) is 0.214. The van der Waals surface area contributed by atoms with E-state index < -0.39 is 4.92 Å². The monoisotopic (exact) mass is 291 g/mol. The van der Waals surface area contributed by atoms with Crippen LogP contribution in [-0.4, -0.2) is 16.5 Å². The molecule has 20 heavy (non-hydrogen) atoms. The number of aromatic nitrogens is 1. The highest BCUT2D eigenvalue weighted by Gasteiger charge is 2.09. The maximum atomic E-state index is 10.7. The zero-order valence-corrected chi connectivity index (χ0v) is 11.5. The van der Waals surface area contributed by atoms with Gasteiger partial charge in [0.1, 0.15) is 0 Å². The number of hydrogen-bond donors (Lipinski definition) is 1. The Balaban J connectivity index is 1.88. The fourth-order valence-electron chi connectivity index (χ4n) is 1.82. The summed E-state index contributed by atoms with van der Waals surface area (Å²) in [6, 6.07) is 8.38. The number of hydrogen-bond acceptors (Lipinski definition) is 4. The average molecular weight is 292 g/mol. The van der Waals surface area contributed by atoms with E-state index in [0.717, 1.165) is 18.5 Å². The van der Waals surface area contributed by atoms with E-state index in [-0.39, 0.29) is 5.69 Å². The third-order valence-corrected chi connectivity index (χ3v) is 3.26. The molecule has 0 atom stereocenters. The molecule has 6 heteroatoms. The van der Waals surface area contributed by atoms with Gasteiger partial charge < -0.3 is 5.32 Å². The lowest BCUT2D eigenvalue weighted by Gasteiger charge is -2.07. The minimum absolute atomic E-state index is 0.0559. The molecular weight excluding hydrogens is 278 g/mol. The zero-order chi connectivity index (χ0) is 14.4. The van der Waals surface area contributed by atoms with Crippen molar-refractivity contribution in [3.8, 4) is 0 Å². The van der Waals surface area contributed by atoms with Crippen LogP contribution in [0.25, 0.3) is 0 Å². The van der Waals surface area contributed by atoms with Gasteiger partial charge in [-0.15, -0.1) is 0 Å². The second-order valence-electron chi connectivity index (χ2n) is 4.32. The van der Waals surface area contributed by atoms with Gasteiger partial charge in [-0.3, -0.25) is 15.1 Å². The lowest BCUT2D eigenvalue weighted by atomic mass is 10.2. The molecule has 0 aliphatic heterocycles. The molecule has 1 aromatic heterocycles. The third kappa shape index (κ3) is 4.01. The van der Waals surface area contributed by atoms with Crippen molar-refractivity contribution in [2.24, 2.45) is 0 Å². The molecule has 0 spiro atoms. The van der Waals surface area contributed by atoms with Crippen LogP contribution in [0.15, 0.2) is 42.7 Å². The molecule has 1 heterocycles. The number of nitro groups is 1. The molecule has 0 saturated carbocycles. The molecule has 1 N–H and O–H groups in total. The van der Waals surface area contributed by atoms with Crippen LogP contribution in [0.2, 0.25) is 5.02 Å². The molecule has 2 aromatic rings. The van der Waals surface area contributed by atoms with Crippen LogP contribution in [0.1, 0.15) is 11.1 Å². The fourth-order valence-corrected chi connectivity index (χ4v) is 2.00. The summed E-state index contributed by atoms with van der Waals surface area (Å²) < 4.78 is 0. The van der Waals surface area contributed by atoms with Crippen LogP contribution in [0.5, 0.6) is 0 Å². The Morgan fingerprint density at radius 1 is 1.25 bits per heavy atom. The van der Waals surface area contributed by atoms with Crippen LogP contribution in [-0.2, 0) is 13.0 Å². The van der Waals surface area contributed by atoms with Crippen LogP contribution in [0, 0.1) is 10.1 Å². The molecule has 0 amide bonds. The van der Waals surface area contributed by atoms with E-state index >= 15 is 0 Å². The molecule has 104 valence electrons. The molecule has 0 aliphatic rings. The first-order chi connectivity index (χ1) is 9.66. The second-order valence-corrected chi connectivity index (χ2v) is 4.72. The van der Waals surface area contributed by atoms with Crippen molar-refractivity contribution < 1.29 is 4.92 Å². The van der Waals surface area contributed by atoms with Gasteiger partial charge in [0.2, 0.25) is 0 Å². The van der Waals surface area contributed by atoms with Gasteiger partial charge in [0.15, 0.2) is 0 Å². The first-order valence-electron chi connectivity index (χ1n) is 6.19. The maximum absolute atomic E-state index is 10.7. The predicted molar refractivity (Wildman–Crippen MR) is 77.8 cm³/mol. The van der Waals surface area contributed by atoms with Gasteiger partial charge in [0, 0.05) is 36.1 Å². The van der Waals surface area contributed by atoms with Crippen molar-refractivity contribution in [3.63, 3.8) is 0 Å². The number of nitro benzene ring substituents is 1. The maximum Gasteiger partial charge on any atom is 0.269 e. The summed E-state index contributed by atoms with van der Waals surface area (Å²) in [5.74, 6) is 0. The van der Waals surface area contributed by atoms with Crippen LogP contribution in [0.3, 0.4) is 0 Å². The number of nitrogens with one attached hydrogen (secondary N) is 1. The summed E-state index contributed by atoms with van der Waals surface area (Å²) in [6.45, 7) is 1.27. The topological polar surface area (TPSA) is 68.1 Å². The summed E-state index contributed by atoms with van der Waals surface area (Å²) in [7, 11) is 0. The molecule has 0 unspecified atom stereocenters. The van der Waals surface area contributed by atoms with Crippen LogP contribution < -0.4 is 5.32 Å². The third-order valence-electron chi connectivity index (χ3n) is 2.90. The molecule has 0 aliphatic carbocycles. The quantitative estimate of drug-likeness (QED) is 0.505. The zero-order valence-electron chi connectivity index (χ0n) is 10.8. The number of non-ortho nitro benzene ring substituents is 1. The first-order valence-corrected chi connectivity index (χ1v) is 6.57. The first kappa shape index (κ1) is 14.4. The van der Waals surface area contributed by atoms with Gasteiger partial charge in [0.25, 0.3) is 5.69 Å². The van der Waals surface area contributed by atoms with E-state index in [1.807, 2.05) is 12.1 Å². The minimum atomic E-state index is -0.420. The van der Waals surface area contributed by atoms with Crippen molar-refractivity contribution in [1.29, 1.82) is 0 Å². The number of benzene rings is 1. The predicted octanol–water partition coefficient (Wildman–Crippen LogP) is 2.98. The van der Waals surface area contributed by atoms with E-state index in [1.165, 1.54) is 17.7 Å². The van der Waals surface area contributed by atoms with Crippen molar-refractivity contribution >= 4 is 17.3 Å². The van der Waals surface area contributed by atoms with Crippen LogP contribution >= 0.6 is 11.6 Å². The second kappa shape index (κ2) is 6.98. The smallest absolute Gasteiger partial charge is 0.269 e. The molecule has 2 rings (SSSR count). The number of rotatable bonds is 6. The van der Waals surface area contributed by atoms with E-state index in [2.05, 4.69) is 10.3 Å². The Kier molecular flexibility index (Phi) is 5.03. The average Bonchev–Trinajstić information content (AvgIpc) is 2.46. The van der Waals surface area contributed by atoms with E-state index in [4.69, 9.17) is 11.6 Å².